The molecule has 1 fully saturated rings. The molecule has 1 aliphatic rings. The first-order chi connectivity index (χ1) is 7.63. The van der Waals surface area contributed by atoms with Crippen molar-refractivity contribution in [3.05, 3.63) is 28.2 Å². The van der Waals surface area contributed by atoms with Gasteiger partial charge in [-0.15, -0.1) is 0 Å². The molecule has 0 radical (unpaired) electrons. The van der Waals surface area contributed by atoms with E-state index >= 15 is 0 Å². The lowest BCUT2D eigenvalue weighted by atomic mass is 10.1. The van der Waals surface area contributed by atoms with Crippen LogP contribution in [0.25, 0.3) is 0 Å². The molecule has 88 valence electrons. The number of ether oxygens (including phenoxy) is 1. The highest BCUT2D eigenvalue weighted by Crippen LogP contribution is 2.29. The minimum atomic E-state index is -0.656. The molecule has 0 saturated heterocycles. The van der Waals surface area contributed by atoms with Crippen LogP contribution in [0.1, 0.15) is 19.3 Å². The van der Waals surface area contributed by atoms with Crippen molar-refractivity contribution in [1.82, 2.24) is 0 Å². The summed E-state index contributed by atoms with van der Waals surface area (Å²) in [7, 11) is 0. The van der Waals surface area contributed by atoms with Gasteiger partial charge in [0.25, 0.3) is 0 Å². The van der Waals surface area contributed by atoms with Gasteiger partial charge in [-0.3, -0.25) is 0 Å². The Bertz CT molecular complexity index is 350. The Kier molecular flexibility index (Phi) is 3.93. The number of alkyl halides is 1. The molecule has 2 atom stereocenters. The normalized spacial score (nSPS) is 24.7. The van der Waals surface area contributed by atoms with Crippen molar-refractivity contribution < 1.29 is 9.13 Å². The van der Waals surface area contributed by atoms with Crippen LogP contribution < -0.4 is 4.74 Å². The van der Waals surface area contributed by atoms with E-state index in [0.29, 0.717) is 41.2 Å². The van der Waals surface area contributed by atoms with Crippen LogP contribution in [0.4, 0.5) is 4.39 Å². The Hall–Kier alpha value is -0.470. The van der Waals surface area contributed by atoms with Crippen LogP contribution in [0.2, 0.25) is 10.0 Å². The van der Waals surface area contributed by atoms with E-state index in [4.69, 9.17) is 27.9 Å². The van der Waals surface area contributed by atoms with Gasteiger partial charge in [-0.2, -0.15) is 0 Å². The van der Waals surface area contributed by atoms with E-state index in [0.717, 1.165) is 6.42 Å². The third-order valence-electron chi connectivity index (χ3n) is 2.80. The van der Waals surface area contributed by atoms with Crippen molar-refractivity contribution in [3.63, 3.8) is 0 Å². The Morgan fingerprint density at radius 1 is 1.19 bits per heavy atom. The number of hydrogen-bond acceptors (Lipinski definition) is 1. The van der Waals surface area contributed by atoms with Gasteiger partial charge in [0.05, 0.1) is 6.61 Å². The van der Waals surface area contributed by atoms with Crippen LogP contribution in [-0.4, -0.2) is 12.8 Å². The van der Waals surface area contributed by atoms with E-state index in [2.05, 4.69) is 0 Å². The van der Waals surface area contributed by atoms with E-state index in [1.54, 1.807) is 18.2 Å². The first-order valence-corrected chi connectivity index (χ1v) is 6.12. The van der Waals surface area contributed by atoms with Crippen LogP contribution >= 0.6 is 23.2 Å². The van der Waals surface area contributed by atoms with Gasteiger partial charge < -0.3 is 4.74 Å². The monoisotopic (exact) mass is 262 g/mol. The molecule has 0 aliphatic heterocycles. The van der Waals surface area contributed by atoms with Gasteiger partial charge >= 0.3 is 0 Å². The summed E-state index contributed by atoms with van der Waals surface area (Å²) in [6.45, 7) is 0.539. The SMILES string of the molecule is FC1CCC(COc2cc(Cl)cc(Cl)c2)C1. The lowest BCUT2D eigenvalue weighted by Crippen LogP contribution is -2.09. The zero-order valence-corrected chi connectivity index (χ0v) is 10.3. The van der Waals surface area contributed by atoms with Crippen molar-refractivity contribution in [2.24, 2.45) is 5.92 Å². The van der Waals surface area contributed by atoms with Crippen molar-refractivity contribution in [3.8, 4) is 5.75 Å². The second-order valence-corrected chi connectivity index (χ2v) is 5.07. The Morgan fingerprint density at radius 2 is 1.88 bits per heavy atom. The van der Waals surface area contributed by atoms with Gasteiger partial charge in [0.1, 0.15) is 11.9 Å². The minimum absolute atomic E-state index is 0.313. The van der Waals surface area contributed by atoms with Crippen LogP contribution in [0.15, 0.2) is 18.2 Å². The molecular weight excluding hydrogens is 250 g/mol. The second kappa shape index (κ2) is 5.24. The average Bonchev–Trinajstić information content (AvgIpc) is 2.60. The van der Waals surface area contributed by atoms with Gasteiger partial charge in [0.2, 0.25) is 0 Å². The van der Waals surface area contributed by atoms with Crippen molar-refractivity contribution in [2.45, 2.75) is 25.4 Å². The molecule has 0 aromatic heterocycles. The highest BCUT2D eigenvalue weighted by molar-refractivity contribution is 6.34. The number of hydrogen-bond donors (Lipinski definition) is 0. The van der Waals surface area contributed by atoms with Crippen molar-refractivity contribution >= 4 is 23.2 Å². The molecule has 1 aliphatic carbocycles. The molecule has 0 spiro atoms. The fraction of sp³-hybridized carbons (Fsp3) is 0.500. The van der Waals surface area contributed by atoms with Gasteiger partial charge in [0, 0.05) is 10.0 Å². The molecule has 2 rings (SSSR count). The maximum Gasteiger partial charge on any atom is 0.122 e. The standard InChI is InChI=1S/C12H13Cl2FO/c13-9-4-10(14)6-12(5-9)16-7-8-1-2-11(15)3-8/h4-6,8,11H,1-3,7H2. The van der Waals surface area contributed by atoms with E-state index < -0.39 is 6.17 Å². The zero-order valence-electron chi connectivity index (χ0n) is 8.76. The maximum absolute atomic E-state index is 12.9. The molecule has 1 saturated carbocycles. The lowest BCUT2D eigenvalue weighted by Gasteiger charge is -2.11. The first-order valence-electron chi connectivity index (χ1n) is 5.36. The number of rotatable bonds is 3. The van der Waals surface area contributed by atoms with Gasteiger partial charge in [-0.05, 0) is 43.4 Å². The molecule has 1 nitrogen and oxygen atoms in total. The van der Waals surface area contributed by atoms with E-state index in [1.807, 2.05) is 0 Å². The molecule has 0 bridgehead atoms. The third kappa shape index (κ3) is 3.26. The minimum Gasteiger partial charge on any atom is -0.493 e. The summed E-state index contributed by atoms with van der Waals surface area (Å²) in [6, 6.07) is 5.09. The summed E-state index contributed by atoms with van der Waals surface area (Å²) in [5.41, 5.74) is 0. The number of benzene rings is 1. The smallest absolute Gasteiger partial charge is 0.122 e. The molecule has 4 heteroatoms. The largest absolute Gasteiger partial charge is 0.493 e. The summed E-state index contributed by atoms with van der Waals surface area (Å²) in [5, 5.41) is 1.11. The molecule has 0 amide bonds. The topological polar surface area (TPSA) is 9.23 Å². The van der Waals surface area contributed by atoms with Crippen LogP contribution in [0.3, 0.4) is 0 Å². The predicted molar refractivity (Wildman–Crippen MR) is 64.2 cm³/mol. The van der Waals surface area contributed by atoms with E-state index in [1.165, 1.54) is 0 Å². The first kappa shape index (κ1) is 12.0. The van der Waals surface area contributed by atoms with Gasteiger partial charge in [-0.25, -0.2) is 4.39 Å². The van der Waals surface area contributed by atoms with Crippen molar-refractivity contribution in [2.75, 3.05) is 6.61 Å². The lowest BCUT2D eigenvalue weighted by molar-refractivity contribution is 0.239. The zero-order chi connectivity index (χ0) is 11.5. The quantitative estimate of drug-likeness (QED) is 0.779. The fourth-order valence-electron chi connectivity index (χ4n) is 1.99. The summed E-state index contributed by atoms with van der Waals surface area (Å²) in [5.74, 6) is 0.965. The second-order valence-electron chi connectivity index (χ2n) is 4.19. The van der Waals surface area contributed by atoms with Gasteiger partial charge in [0.15, 0.2) is 0 Å². The number of halogens is 3. The highest BCUT2D eigenvalue weighted by atomic mass is 35.5. The van der Waals surface area contributed by atoms with Gasteiger partial charge in [-0.1, -0.05) is 23.2 Å². The molecule has 1 aromatic carbocycles. The summed E-state index contributed by atoms with van der Waals surface area (Å²) < 4.78 is 18.5. The summed E-state index contributed by atoms with van der Waals surface area (Å²) in [4.78, 5) is 0. The average molecular weight is 263 g/mol. The highest BCUT2D eigenvalue weighted by Gasteiger charge is 2.24. The molecule has 0 heterocycles. The molecule has 0 N–H and O–H groups in total. The third-order valence-corrected chi connectivity index (χ3v) is 3.24. The predicted octanol–water partition coefficient (Wildman–Crippen LogP) is 4.51. The van der Waals surface area contributed by atoms with E-state index in [9.17, 15) is 4.39 Å². The Labute approximate surface area is 105 Å². The molecule has 1 aromatic rings. The molecule has 2 unspecified atom stereocenters. The molecule has 16 heavy (non-hydrogen) atoms. The molecular formula is C12H13Cl2FO. The summed E-state index contributed by atoms with van der Waals surface area (Å²) >= 11 is 11.7. The van der Waals surface area contributed by atoms with Crippen LogP contribution in [0, 0.1) is 5.92 Å². The fourth-order valence-corrected chi connectivity index (χ4v) is 2.50. The van der Waals surface area contributed by atoms with Crippen LogP contribution in [-0.2, 0) is 0 Å². The Morgan fingerprint density at radius 3 is 2.44 bits per heavy atom. The van der Waals surface area contributed by atoms with E-state index in [-0.39, 0.29) is 0 Å². The maximum atomic E-state index is 12.9. The van der Waals surface area contributed by atoms with Crippen molar-refractivity contribution in [1.29, 1.82) is 0 Å². The van der Waals surface area contributed by atoms with Crippen LogP contribution in [0.5, 0.6) is 5.75 Å². The Balaban J connectivity index is 1.89. The summed E-state index contributed by atoms with van der Waals surface area (Å²) in [6.07, 6.45) is 1.50.